The Morgan fingerprint density at radius 2 is 1.76 bits per heavy atom. The Bertz CT molecular complexity index is 1410. The van der Waals surface area contributed by atoms with E-state index in [0.717, 1.165) is 17.0 Å². The molecule has 0 atom stereocenters. The largest absolute Gasteiger partial charge is 0.493 e. The van der Waals surface area contributed by atoms with Gasteiger partial charge in [-0.25, -0.2) is 14.1 Å². The number of hydrogen-bond acceptors (Lipinski definition) is 6. The van der Waals surface area contributed by atoms with Crippen molar-refractivity contribution in [3.63, 3.8) is 0 Å². The van der Waals surface area contributed by atoms with Crippen LogP contribution in [0.4, 0.5) is 20.6 Å². The second kappa shape index (κ2) is 11.0. The highest BCUT2D eigenvalue weighted by Crippen LogP contribution is 2.35. The molecule has 188 valence electrons. The monoisotopic (exact) mass is 567 g/mol. The van der Waals surface area contributed by atoms with Gasteiger partial charge in [0.05, 0.1) is 12.8 Å². The molecule has 0 bridgehead atoms. The first-order valence-corrected chi connectivity index (χ1v) is 11.6. The molecule has 2 N–H and O–H groups in total. The summed E-state index contributed by atoms with van der Waals surface area (Å²) in [5.41, 5.74) is 0.749. The van der Waals surface area contributed by atoms with Gasteiger partial charge in [-0.15, -0.1) is 0 Å². The number of amides is 5. The summed E-state index contributed by atoms with van der Waals surface area (Å²) < 4.78 is 24.7. The number of halogens is 2. The summed E-state index contributed by atoms with van der Waals surface area (Å²) in [5, 5.41) is 4.81. The number of imide groups is 2. The Morgan fingerprint density at radius 3 is 2.43 bits per heavy atom. The lowest BCUT2D eigenvalue weighted by Gasteiger charge is -2.26. The standard InChI is InChI=1S/C26H19BrFN3O6/c1-36-21-12-15(20(27)13-22(21)37-14-23(32)29-17-5-3-2-4-6-17)11-19-24(33)30-26(35)31(25(19)34)18-9-7-16(28)8-10-18/h2-13H,14H2,1H3,(H,29,32)(H,30,33,35)/b19-11+. The minimum atomic E-state index is -0.951. The van der Waals surface area contributed by atoms with Crippen LogP contribution in [0.5, 0.6) is 11.5 Å². The van der Waals surface area contributed by atoms with Crippen LogP contribution in [-0.2, 0) is 14.4 Å². The lowest BCUT2D eigenvalue weighted by atomic mass is 10.1. The zero-order valence-corrected chi connectivity index (χ0v) is 20.9. The van der Waals surface area contributed by atoms with Gasteiger partial charge >= 0.3 is 6.03 Å². The first-order chi connectivity index (χ1) is 17.8. The van der Waals surface area contributed by atoms with E-state index in [1.165, 1.54) is 37.5 Å². The van der Waals surface area contributed by atoms with Gasteiger partial charge in [-0.3, -0.25) is 19.7 Å². The molecular formula is C26H19BrFN3O6. The Balaban J connectivity index is 1.56. The molecule has 37 heavy (non-hydrogen) atoms. The average Bonchev–Trinajstić information content (AvgIpc) is 2.87. The molecule has 0 aliphatic carbocycles. The van der Waals surface area contributed by atoms with Gasteiger partial charge in [-0.2, -0.15) is 0 Å². The maximum atomic E-state index is 13.3. The quantitative estimate of drug-likeness (QED) is 0.325. The second-order valence-electron chi connectivity index (χ2n) is 7.66. The number of para-hydroxylation sites is 1. The van der Waals surface area contributed by atoms with Gasteiger partial charge < -0.3 is 14.8 Å². The van der Waals surface area contributed by atoms with E-state index in [1.807, 2.05) is 6.07 Å². The van der Waals surface area contributed by atoms with Crippen molar-refractivity contribution < 1.29 is 33.0 Å². The van der Waals surface area contributed by atoms with Crippen LogP contribution >= 0.6 is 15.9 Å². The number of barbiturate groups is 1. The maximum absolute atomic E-state index is 13.3. The molecule has 0 spiro atoms. The van der Waals surface area contributed by atoms with Crippen LogP contribution in [0.2, 0.25) is 0 Å². The van der Waals surface area contributed by atoms with Gasteiger partial charge in [-0.05, 0) is 60.2 Å². The topological polar surface area (TPSA) is 114 Å². The third kappa shape index (κ3) is 5.84. The van der Waals surface area contributed by atoms with E-state index in [4.69, 9.17) is 9.47 Å². The summed E-state index contributed by atoms with van der Waals surface area (Å²) in [4.78, 5) is 50.8. The van der Waals surface area contributed by atoms with Crippen molar-refractivity contribution in [2.75, 3.05) is 23.9 Å². The molecule has 1 aliphatic rings. The van der Waals surface area contributed by atoms with E-state index in [0.29, 0.717) is 15.7 Å². The lowest BCUT2D eigenvalue weighted by Crippen LogP contribution is -2.54. The minimum absolute atomic E-state index is 0.0940. The summed E-state index contributed by atoms with van der Waals surface area (Å²) in [6.07, 6.45) is 1.28. The zero-order valence-electron chi connectivity index (χ0n) is 19.3. The third-order valence-corrected chi connectivity index (χ3v) is 5.87. The van der Waals surface area contributed by atoms with Crippen molar-refractivity contribution in [2.24, 2.45) is 0 Å². The molecule has 3 aromatic rings. The fourth-order valence-electron chi connectivity index (χ4n) is 3.43. The number of carbonyl (C=O) groups is 4. The number of benzene rings is 3. The first kappa shape index (κ1) is 25.6. The van der Waals surface area contributed by atoms with Crippen LogP contribution in [0, 0.1) is 5.82 Å². The molecule has 9 nitrogen and oxygen atoms in total. The number of nitrogens with zero attached hydrogens (tertiary/aromatic N) is 1. The van der Waals surface area contributed by atoms with Crippen molar-refractivity contribution >= 4 is 57.1 Å². The summed E-state index contributed by atoms with van der Waals surface area (Å²) in [6.45, 7) is -0.298. The SMILES string of the molecule is COc1cc(/C=C2\C(=O)NC(=O)N(c3ccc(F)cc3)C2=O)c(Br)cc1OCC(=O)Nc1ccccc1. The van der Waals surface area contributed by atoms with E-state index in [-0.39, 0.29) is 35.3 Å². The molecule has 1 fully saturated rings. The van der Waals surface area contributed by atoms with Crippen LogP contribution in [0.25, 0.3) is 6.08 Å². The molecule has 0 aromatic heterocycles. The van der Waals surface area contributed by atoms with Crippen LogP contribution in [0.15, 0.2) is 76.8 Å². The molecular weight excluding hydrogens is 549 g/mol. The fraction of sp³-hybridized carbons (Fsp3) is 0.0769. The van der Waals surface area contributed by atoms with Gasteiger partial charge in [0, 0.05) is 10.2 Å². The molecule has 0 unspecified atom stereocenters. The number of anilines is 2. The van der Waals surface area contributed by atoms with Gasteiger partial charge in [-0.1, -0.05) is 34.1 Å². The predicted molar refractivity (Wildman–Crippen MR) is 137 cm³/mol. The van der Waals surface area contributed by atoms with Crippen molar-refractivity contribution in [1.29, 1.82) is 0 Å². The number of urea groups is 1. The zero-order chi connectivity index (χ0) is 26.5. The number of hydrogen-bond donors (Lipinski definition) is 2. The number of methoxy groups -OCH3 is 1. The van der Waals surface area contributed by atoms with Crippen molar-refractivity contribution in [2.45, 2.75) is 0 Å². The van der Waals surface area contributed by atoms with E-state index in [2.05, 4.69) is 26.6 Å². The third-order valence-electron chi connectivity index (χ3n) is 5.19. The highest BCUT2D eigenvalue weighted by Gasteiger charge is 2.37. The molecule has 1 aliphatic heterocycles. The van der Waals surface area contributed by atoms with Crippen LogP contribution in [0.1, 0.15) is 5.56 Å². The van der Waals surface area contributed by atoms with Crippen molar-refractivity contribution in [3.8, 4) is 11.5 Å². The summed E-state index contributed by atoms with van der Waals surface area (Å²) in [6, 6.07) is 15.6. The number of rotatable bonds is 7. The van der Waals surface area contributed by atoms with Gasteiger partial charge in [0.15, 0.2) is 18.1 Å². The first-order valence-electron chi connectivity index (χ1n) is 10.8. The molecule has 0 saturated carbocycles. The molecule has 0 radical (unpaired) electrons. The van der Waals surface area contributed by atoms with Crippen LogP contribution in [-0.4, -0.2) is 37.5 Å². The Kier molecular flexibility index (Phi) is 7.63. The van der Waals surface area contributed by atoms with E-state index in [9.17, 15) is 23.6 Å². The van der Waals surface area contributed by atoms with Gasteiger partial charge in [0.1, 0.15) is 11.4 Å². The summed E-state index contributed by atoms with van der Waals surface area (Å²) in [7, 11) is 1.39. The number of nitrogens with one attached hydrogen (secondary N) is 2. The van der Waals surface area contributed by atoms with Crippen LogP contribution in [0.3, 0.4) is 0 Å². The Labute approximate surface area is 219 Å². The van der Waals surface area contributed by atoms with E-state index >= 15 is 0 Å². The van der Waals surface area contributed by atoms with Crippen molar-refractivity contribution in [3.05, 3.63) is 88.2 Å². The Hall–Kier alpha value is -4.51. The molecule has 1 heterocycles. The summed E-state index contributed by atoms with van der Waals surface area (Å²) in [5.74, 6) is -2.23. The fourth-order valence-corrected chi connectivity index (χ4v) is 3.87. The average molecular weight is 568 g/mol. The van der Waals surface area contributed by atoms with Crippen molar-refractivity contribution in [1.82, 2.24) is 5.32 Å². The molecule has 4 rings (SSSR count). The Morgan fingerprint density at radius 1 is 1.05 bits per heavy atom. The van der Waals surface area contributed by atoms with E-state index in [1.54, 1.807) is 24.3 Å². The number of carbonyl (C=O) groups excluding carboxylic acids is 4. The highest BCUT2D eigenvalue weighted by atomic mass is 79.9. The molecule has 11 heteroatoms. The molecule has 5 amide bonds. The predicted octanol–water partition coefficient (Wildman–Crippen LogP) is 4.28. The molecule has 3 aromatic carbocycles. The minimum Gasteiger partial charge on any atom is -0.493 e. The molecule has 1 saturated heterocycles. The maximum Gasteiger partial charge on any atom is 0.335 e. The normalized spacial score (nSPS) is 14.4. The number of ether oxygens (including phenoxy) is 2. The lowest BCUT2D eigenvalue weighted by molar-refractivity contribution is -0.122. The smallest absolute Gasteiger partial charge is 0.335 e. The summed E-state index contributed by atoms with van der Waals surface area (Å²) >= 11 is 3.37. The van der Waals surface area contributed by atoms with Gasteiger partial charge in [0.2, 0.25) is 0 Å². The van der Waals surface area contributed by atoms with Crippen LogP contribution < -0.4 is 25.0 Å². The highest BCUT2D eigenvalue weighted by molar-refractivity contribution is 9.10. The van der Waals surface area contributed by atoms with Gasteiger partial charge in [0.25, 0.3) is 17.7 Å². The second-order valence-corrected chi connectivity index (χ2v) is 8.52. The van der Waals surface area contributed by atoms with E-state index < -0.39 is 23.7 Å².